The number of hydrogen-bond acceptors (Lipinski definition) is 2. The molecule has 0 unspecified atom stereocenters. The lowest BCUT2D eigenvalue weighted by molar-refractivity contribution is -0.136. The molecule has 0 radical (unpaired) electrons. The zero-order chi connectivity index (χ0) is 14.7. The van der Waals surface area contributed by atoms with Crippen LogP contribution >= 0.6 is 15.9 Å². The molecule has 4 heteroatoms. The Labute approximate surface area is 128 Å². The second-order valence-electron chi connectivity index (χ2n) is 6.54. The maximum Gasteiger partial charge on any atom is 0.229 e. The first-order valence-corrected chi connectivity index (χ1v) is 7.75. The summed E-state index contributed by atoms with van der Waals surface area (Å²) in [6.07, 6.45) is 1.99. The zero-order valence-electron chi connectivity index (χ0n) is 12.3. The third-order valence-electron chi connectivity index (χ3n) is 4.82. The van der Waals surface area contributed by atoms with Gasteiger partial charge < -0.3 is 4.90 Å². The van der Waals surface area contributed by atoms with Crippen LogP contribution in [0.4, 0.5) is 5.69 Å². The van der Waals surface area contributed by atoms with Gasteiger partial charge in [0, 0.05) is 23.3 Å². The molecule has 0 aliphatic carbocycles. The Balaban J connectivity index is 2.18. The Morgan fingerprint density at radius 1 is 1.35 bits per heavy atom. The van der Waals surface area contributed by atoms with E-state index >= 15 is 0 Å². The molecule has 0 saturated carbocycles. The molecule has 106 valence electrons. The van der Waals surface area contributed by atoms with Gasteiger partial charge >= 0.3 is 0 Å². The summed E-state index contributed by atoms with van der Waals surface area (Å²) in [5.74, 6) is 0.215. The van der Waals surface area contributed by atoms with E-state index in [-0.39, 0.29) is 17.4 Å². The molecule has 2 aliphatic rings. The lowest BCUT2D eigenvalue weighted by Gasteiger charge is -2.33. The molecule has 1 aromatic carbocycles. The van der Waals surface area contributed by atoms with Crippen molar-refractivity contribution in [2.24, 2.45) is 10.4 Å². The summed E-state index contributed by atoms with van der Waals surface area (Å²) < 4.78 is 1.03. The highest BCUT2D eigenvalue weighted by Crippen LogP contribution is 2.53. The lowest BCUT2D eigenvalue weighted by Crippen LogP contribution is -2.42. The standard InChI is InChI=1S/C16H19BrN2O/c1-10(2)19-9-16(15(3,4)14(19)20)8-18-13-6-5-11(17)7-12(13)16/h5-8,10H,9H2,1-4H3/t16-/m1/s1. The van der Waals surface area contributed by atoms with E-state index in [4.69, 9.17) is 0 Å². The fraction of sp³-hybridized carbons (Fsp3) is 0.500. The normalized spacial score (nSPS) is 26.9. The Morgan fingerprint density at radius 3 is 2.65 bits per heavy atom. The van der Waals surface area contributed by atoms with Crippen molar-refractivity contribution >= 4 is 33.7 Å². The molecule has 1 amide bonds. The van der Waals surface area contributed by atoms with E-state index in [1.165, 1.54) is 0 Å². The van der Waals surface area contributed by atoms with E-state index in [9.17, 15) is 4.79 Å². The van der Waals surface area contributed by atoms with Crippen molar-refractivity contribution in [3.05, 3.63) is 28.2 Å². The van der Waals surface area contributed by atoms with Gasteiger partial charge in [-0.25, -0.2) is 0 Å². The maximum atomic E-state index is 12.8. The summed E-state index contributed by atoms with van der Waals surface area (Å²) in [5, 5.41) is 0. The summed E-state index contributed by atoms with van der Waals surface area (Å²) in [6, 6.07) is 6.34. The molecule has 20 heavy (non-hydrogen) atoms. The molecule has 2 aliphatic heterocycles. The number of amides is 1. The fourth-order valence-electron chi connectivity index (χ4n) is 3.36. The molecule has 1 aromatic rings. The number of likely N-dealkylation sites (tertiary alicyclic amines) is 1. The third-order valence-corrected chi connectivity index (χ3v) is 5.31. The predicted molar refractivity (Wildman–Crippen MR) is 84.6 cm³/mol. The Bertz CT molecular complexity index is 621. The van der Waals surface area contributed by atoms with Gasteiger partial charge in [-0.3, -0.25) is 9.79 Å². The average molecular weight is 335 g/mol. The molecule has 2 heterocycles. The number of fused-ring (bicyclic) bond motifs is 2. The molecule has 1 fully saturated rings. The van der Waals surface area contributed by atoms with Gasteiger partial charge in [-0.1, -0.05) is 15.9 Å². The van der Waals surface area contributed by atoms with E-state index in [0.717, 1.165) is 15.7 Å². The molecule has 3 rings (SSSR count). The monoisotopic (exact) mass is 334 g/mol. The highest BCUT2D eigenvalue weighted by atomic mass is 79.9. The first-order chi connectivity index (χ1) is 9.29. The van der Waals surface area contributed by atoms with Crippen LogP contribution in [0.25, 0.3) is 0 Å². The molecule has 0 bridgehead atoms. The highest BCUT2D eigenvalue weighted by molar-refractivity contribution is 9.10. The molecule has 0 N–H and O–H groups in total. The van der Waals surface area contributed by atoms with E-state index in [2.05, 4.69) is 40.8 Å². The number of aliphatic imine (C=N–C) groups is 1. The summed E-state index contributed by atoms with van der Waals surface area (Å²) in [6.45, 7) is 8.94. The fourth-order valence-corrected chi connectivity index (χ4v) is 3.72. The number of rotatable bonds is 1. The number of hydrogen-bond donors (Lipinski definition) is 0. The zero-order valence-corrected chi connectivity index (χ0v) is 13.9. The predicted octanol–water partition coefficient (Wildman–Crippen LogP) is 3.68. The van der Waals surface area contributed by atoms with Crippen molar-refractivity contribution in [3.8, 4) is 0 Å². The van der Waals surface area contributed by atoms with Crippen molar-refractivity contribution in [1.82, 2.24) is 4.90 Å². The van der Waals surface area contributed by atoms with Gasteiger partial charge in [-0.2, -0.15) is 0 Å². The Kier molecular flexibility index (Phi) is 2.88. The van der Waals surface area contributed by atoms with Gasteiger partial charge in [-0.05, 0) is 51.5 Å². The second kappa shape index (κ2) is 4.17. The molecule has 1 spiro atoms. The molecule has 3 nitrogen and oxygen atoms in total. The lowest BCUT2D eigenvalue weighted by atomic mass is 9.65. The van der Waals surface area contributed by atoms with Gasteiger partial charge in [0.25, 0.3) is 0 Å². The van der Waals surface area contributed by atoms with Gasteiger partial charge in [-0.15, -0.1) is 0 Å². The van der Waals surface area contributed by atoms with Crippen LogP contribution in [0.15, 0.2) is 27.7 Å². The van der Waals surface area contributed by atoms with Crippen LogP contribution in [0.3, 0.4) is 0 Å². The van der Waals surface area contributed by atoms with Gasteiger partial charge in [0.1, 0.15) is 0 Å². The largest absolute Gasteiger partial charge is 0.338 e. The van der Waals surface area contributed by atoms with Crippen LogP contribution in [-0.4, -0.2) is 29.6 Å². The Hall–Kier alpha value is -1.16. The van der Waals surface area contributed by atoms with Crippen molar-refractivity contribution in [2.45, 2.75) is 39.2 Å². The molecular weight excluding hydrogens is 316 g/mol. The van der Waals surface area contributed by atoms with Gasteiger partial charge in [0.05, 0.1) is 16.5 Å². The van der Waals surface area contributed by atoms with Gasteiger partial charge in [0.15, 0.2) is 0 Å². The van der Waals surface area contributed by atoms with Crippen LogP contribution in [0.1, 0.15) is 33.3 Å². The van der Waals surface area contributed by atoms with Gasteiger partial charge in [0.2, 0.25) is 5.91 Å². The number of benzene rings is 1. The average Bonchev–Trinajstić information content (AvgIpc) is 2.83. The number of carbonyl (C=O) groups is 1. The molecule has 1 atom stereocenters. The molecular formula is C16H19BrN2O. The van der Waals surface area contributed by atoms with E-state index in [1.54, 1.807) is 0 Å². The first kappa shape index (κ1) is 13.8. The van der Waals surface area contributed by atoms with Crippen molar-refractivity contribution in [2.75, 3.05) is 6.54 Å². The van der Waals surface area contributed by atoms with Crippen molar-refractivity contribution < 1.29 is 4.79 Å². The summed E-state index contributed by atoms with van der Waals surface area (Å²) in [4.78, 5) is 19.3. The number of halogens is 1. The summed E-state index contributed by atoms with van der Waals surface area (Å²) in [7, 11) is 0. The van der Waals surface area contributed by atoms with E-state index < -0.39 is 5.41 Å². The topological polar surface area (TPSA) is 32.7 Å². The van der Waals surface area contributed by atoms with Crippen LogP contribution in [0.2, 0.25) is 0 Å². The van der Waals surface area contributed by atoms with Crippen molar-refractivity contribution in [3.63, 3.8) is 0 Å². The van der Waals surface area contributed by atoms with Crippen LogP contribution in [0.5, 0.6) is 0 Å². The second-order valence-corrected chi connectivity index (χ2v) is 7.46. The van der Waals surface area contributed by atoms with Crippen LogP contribution in [0, 0.1) is 5.41 Å². The summed E-state index contributed by atoms with van der Waals surface area (Å²) in [5.41, 5.74) is 1.37. The van der Waals surface area contributed by atoms with Crippen LogP contribution < -0.4 is 0 Å². The highest BCUT2D eigenvalue weighted by Gasteiger charge is 2.60. The quantitative estimate of drug-likeness (QED) is 0.771. The third kappa shape index (κ3) is 1.57. The van der Waals surface area contributed by atoms with E-state index in [0.29, 0.717) is 6.54 Å². The smallest absolute Gasteiger partial charge is 0.229 e. The van der Waals surface area contributed by atoms with Crippen molar-refractivity contribution in [1.29, 1.82) is 0 Å². The summed E-state index contributed by atoms with van der Waals surface area (Å²) >= 11 is 3.54. The maximum absolute atomic E-state index is 12.8. The first-order valence-electron chi connectivity index (χ1n) is 6.96. The number of nitrogens with zero attached hydrogens (tertiary/aromatic N) is 2. The molecule has 0 aromatic heterocycles. The molecule has 1 saturated heterocycles. The van der Waals surface area contributed by atoms with E-state index in [1.807, 2.05) is 37.1 Å². The minimum Gasteiger partial charge on any atom is -0.338 e. The van der Waals surface area contributed by atoms with Crippen LogP contribution in [-0.2, 0) is 10.2 Å². The number of carbonyl (C=O) groups excluding carboxylic acids is 1. The minimum atomic E-state index is -0.465. The SMILES string of the molecule is CC(C)N1C[C@@]2(C=Nc3ccc(Br)cc32)C(C)(C)C1=O. The Morgan fingerprint density at radius 2 is 2.05 bits per heavy atom. The minimum absolute atomic E-state index is 0.214.